The molecule has 1 fully saturated rings. The Bertz CT molecular complexity index is 179. The van der Waals surface area contributed by atoms with Crippen LogP contribution < -0.4 is 0 Å². The van der Waals surface area contributed by atoms with Crippen molar-refractivity contribution >= 4 is 0 Å². The average Bonchev–Trinajstić information content (AvgIpc) is 2.21. The Balaban J connectivity index is 2.82. The summed E-state index contributed by atoms with van der Waals surface area (Å²) in [7, 11) is 1.37. The van der Waals surface area contributed by atoms with Crippen LogP contribution in [0.2, 0.25) is 0 Å². The molecule has 5 atom stereocenters. The maximum Gasteiger partial charge on any atom is 0.184 e. The van der Waals surface area contributed by atoms with Crippen LogP contribution in [0.4, 0.5) is 0 Å². The molecule has 0 aromatic carbocycles. The highest BCUT2D eigenvalue weighted by atomic mass is 16.7. The molecule has 5 nitrogen and oxygen atoms in total. The first-order chi connectivity index (χ1) is 5.91. The zero-order chi connectivity index (χ0) is 10.2. The van der Waals surface area contributed by atoms with Crippen LogP contribution >= 0.6 is 0 Å². The van der Waals surface area contributed by atoms with Crippen molar-refractivity contribution in [3.8, 4) is 0 Å². The molecule has 0 aromatic rings. The molecule has 5 heteroatoms. The van der Waals surface area contributed by atoms with E-state index in [-0.39, 0.29) is 0 Å². The van der Waals surface area contributed by atoms with Crippen molar-refractivity contribution in [3.63, 3.8) is 0 Å². The van der Waals surface area contributed by atoms with Crippen LogP contribution in [0.3, 0.4) is 0 Å². The van der Waals surface area contributed by atoms with Gasteiger partial charge >= 0.3 is 0 Å². The lowest BCUT2D eigenvalue weighted by molar-refractivity contribution is -0.148. The standard InChI is InChI=1S/C8H16O5/c1-4(9)5-8(2,11)6(12-3)7(10)13-5/h4-7,9-11H,1-3H3. The summed E-state index contributed by atoms with van der Waals surface area (Å²) in [5.74, 6) is 0. The third-order valence-electron chi connectivity index (χ3n) is 2.39. The zero-order valence-corrected chi connectivity index (χ0v) is 7.97. The summed E-state index contributed by atoms with van der Waals surface area (Å²) in [5.41, 5.74) is -1.37. The van der Waals surface area contributed by atoms with Gasteiger partial charge in [0.25, 0.3) is 0 Å². The second-order valence-electron chi connectivity index (χ2n) is 3.57. The van der Waals surface area contributed by atoms with Crippen molar-refractivity contribution in [3.05, 3.63) is 0 Å². The van der Waals surface area contributed by atoms with Crippen LogP contribution in [0.1, 0.15) is 13.8 Å². The van der Waals surface area contributed by atoms with Gasteiger partial charge in [0.2, 0.25) is 0 Å². The van der Waals surface area contributed by atoms with Crippen molar-refractivity contribution in [2.45, 2.75) is 44.1 Å². The van der Waals surface area contributed by atoms with E-state index in [4.69, 9.17) is 9.47 Å². The lowest BCUT2D eigenvalue weighted by Crippen LogP contribution is -2.49. The van der Waals surface area contributed by atoms with Gasteiger partial charge in [-0.25, -0.2) is 0 Å². The largest absolute Gasteiger partial charge is 0.391 e. The minimum absolute atomic E-state index is 0.826. The highest BCUT2D eigenvalue weighted by Gasteiger charge is 2.54. The number of aliphatic hydroxyl groups excluding tert-OH is 2. The van der Waals surface area contributed by atoms with Crippen LogP contribution in [-0.2, 0) is 9.47 Å². The molecule has 0 radical (unpaired) electrons. The Kier molecular flexibility index (Phi) is 2.94. The second kappa shape index (κ2) is 3.51. The Morgan fingerprint density at radius 1 is 1.54 bits per heavy atom. The molecule has 1 heterocycles. The molecule has 5 unspecified atom stereocenters. The average molecular weight is 192 g/mol. The fraction of sp³-hybridized carbons (Fsp3) is 1.00. The quantitative estimate of drug-likeness (QED) is 0.515. The van der Waals surface area contributed by atoms with Gasteiger partial charge in [0.1, 0.15) is 17.8 Å². The molecule has 78 valence electrons. The summed E-state index contributed by atoms with van der Waals surface area (Å²) < 4.78 is 9.86. The molecule has 1 saturated heterocycles. The van der Waals surface area contributed by atoms with Gasteiger partial charge in [0, 0.05) is 7.11 Å². The second-order valence-corrected chi connectivity index (χ2v) is 3.57. The van der Waals surface area contributed by atoms with Crippen molar-refractivity contribution in [1.82, 2.24) is 0 Å². The van der Waals surface area contributed by atoms with Crippen molar-refractivity contribution < 1.29 is 24.8 Å². The Morgan fingerprint density at radius 2 is 2.08 bits per heavy atom. The molecular formula is C8H16O5. The van der Waals surface area contributed by atoms with Gasteiger partial charge in [-0.15, -0.1) is 0 Å². The lowest BCUT2D eigenvalue weighted by atomic mass is 9.92. The number of hydrogen-bond acceptors (Lipinski definition) is 5. The molecule has 0 saturated carbocycles. The Labute approximate surface area is 76.9 Å². The maximum atomic E-state index is 9.88. The van der Waals surface area contributed by atoms with Crippen molar-refractivity contribution in [2.24, 2.45) is 0 Å². The SMILES string of the molecule is COC1C(O)OC(C(C)O)C1(C)O. The van der Waals surface area contributed by atoms with Crippen LogP contribution in [-0.4, -0.2) is 52.6 Å². The third kappa shape index (κ3) is 1.70. The number of methoxy groups -OCH3 is 1. The molecule has 0 spiro atoms. The van der Waals surface area contributed by atoms with E-state index in [1.807, 2.05) is 0 Å². The van der Waals surface area contributed by atoms with Crippen molar-refractivity contribution in [2.75, 3.05) is 7.11 Å². The topological polar surface area (TPSA) is 79.2 Å². The molecular weight excluding hydrogens is 176 g/mol. The summed E-state index contributed by atoms with van der Waals surface area (Å²) in [6.45, 7) is 2.96. The number of ether oxygens (including phenoxy) is 2. The first-order valence-corrected chi connectivity index (χ1v) is 4.18. The van der Waals surface area contributed by atoms with E-state index in [0.717, 1.165) is 0 Å². The van der Waals surface area contributed by atoms with E-state index >= 15 is 0 Å². The molecule has 1 rings (SSSR count). The molecule has 1 aliphatic heterocycles. The number of hydrogen-bond donors (Lipinski definition) is 3. The van der Waals surface area contributed by atoms with Crippen LogP contribution in [0.5, 0.6) is 0 Å². The summed E-state index contributed by atoms with van der Waals surface area (Å²) in [6, 6.07) is 0. The van der Waals surface area contributed by atoms with Gasteiger partial charge in [-0.05, 0) is 13.8 Å². The molecule has 0 amide bonds. The van der Waals surface area contributed by atoms with E-state index in [1.165, 1.54) is 21.0 Å². The van der Waals surface area contributed by atoms with E-state index < -0.39 is 30.2 Å². The monoisotopic (exact) mass is 192 g/mol. The van der Waals surface area contributed by atoms with Gasteiger partial charge < -0.3 is 24.8 Å². The minimum Gasteiger partial charge on any atom is -0.391 e. The van der Waals surface area contributed by atoms with Gasteiger partial charge in [-0.2, -0.15) is 0 Å². The molecule has 0 aromatic heterocycles. The van der Waals surface area contributed by atoms with Crippen LogP contribution in [0.25, 0.3) is 0 Å². The summed E-state index contributed by atoms with van der Waals surface area (Å²) in [5, 5.41) is 28.5. The fourth-order valence-electron chi connectivity index (χ4n) is 1.77. The predicted molar refractivity (Wildman–Crippen MR) is 44.0 cm³/mol. The molecule has 0 aliphatic carbocycles. The zero-order valence-electron chi connectivity index (χ0n) is 7.97. The van der Waals surface area contributed by atoms with E-state index in [1.54, 1.807) is 0 Å². The first-order valence-electron chi connectivity index (χ1n) is 4.18. The fourth-order valence-corrected chi connectivity index (χ4v) is 1.77. The van der Waals surface area contributed by atoms with Crippen LogP contribution in [0, 0.1) is 0 Å². The Hall–Kier alpha value is -0.200. The summed E-state index contributed by atoms with van der Waals surface area (Å²) >= 11 is 0. The molecule has 13 heavy (non-hydrogen) atoms. The smallest absolute Gasteiger partial charge is 0.184 e. The predicted octanol–water partition coefficient (Wildman–Crippen LogP) is -1.15. The maximum absolute atomic E-state index is 9.88. The first kappa shape index (κ1) is 10.9. The molecule has 3 N–H and O–H groups in total. The summed E-state index contributed by atoms with van der Waals surface area (Å²) in [4.78, 5) is 0. The molecule has 1 aliphatic rings. The normalized spacial score (nSPS) is 48.0. The lowest BCUT2D eigenvalue weighted by Gasteiger charge is -2.29. The van der Waals surface area contributed by atoms with E-state index in [9.17, 15) is 15.3 Å². The third-order valence-corrected chi connectivity index (χ3v) is 2.39. The highest BCUT2D eigenvalue weighted by Crippen LogP contribution is 2.33. The van der Waals surface area contributed by atoms with E-state index in [2.05, 4.69) is 0 Å². The number of aliphatic hydroxyl groups is 3. The van der Waals surface area contributed by atoms with Gasteiger partial charge in [-0.1, -0.05) is 0 Å². The van der Waals surface area contributed by atoms with Gasteiger partial charge in [-0.3, -0.25) is 0 Å². The molecule has 0 bridgehead atoms. The number of rotatable bonds is 2. The minimum atomic E-state index is -1.37. The van der Waals surface area contributed by atoms with Crippen molar-refractivity contribution in [1.29, 1.82) is 0 Å². The van der Waals surface area contributed by atoms with Gasteiger partial charge in [0.15, 0.2) is 6.29 Å². The van der Waals surface area contributed by atoms with Crippen LogP contribution in [0.15, 0.2) is 0 Å². The Morgan fingerprint density at radius 3 is 2.31 bits per heavy atom. The van der Waals surface area contributed by atoms with Gasteiger partial charge in [0.05, 0.1) is 6.10 Å². The summed E-state index contributed by atoms with van der Waals surface area (Å²) in [6.07, 6.45) is -3.70. The highest BCUT2D eigenvalue weighted by molar-refractivity contribution is 5.00. The van der Waals surface area contributed by atoms with E-state index in [0.29, 0.717) is 0 Å².